The van der Waals surface area contributed by atoms with Crippen molar-refractivity contribution in [3.8, 4) is 0 Å². The van der Waals surface area contributed by atoms with Crippen LogP contribution in [-0.4, -0.2) is 51.2 Å². The Kier molecular flexibility index (Phi) is 6.46. The zero-order valence-electron chi connectivity index (χ0n) is 15.5. The molecule has 1 amide bonds. The van der Waals surface area contributed by atoms with Crippen LogP contribution >= 0.6 is 0 Å². The Bertz CT molecular complexity index is 710. The average Bonchev–Trinajstić information content (AvgIpc) is 2.53. The van der Waals surface area contributed by atoms with Crippen molar-refractivity contribution in [3.63, 3.8) is 0 Å². The molecule has 0 spiro atoms. The van der Waals surface area contributed by atoms with Crippen molar-refractivity contribution in [3.05, 3.63) is 29.3 Å². The van der Waals surface area contributed by atoms with E-state index in [2.05, 4.69) is 28.8 Å². The summed E-state index contributed by atoms with van der Waals surface area (Å²) in [5.74, 6) is 0.597. The Labute approximate surface area is 151 Å². The molecule has 1 aliphatic rings. The first-order chi connectivity index (χ1) is 11.7. The molecular formula is C18H29N3O3S. The molecule has 1 heterocycles. The van der Waals surface area contributed by atoms with Gasteiger partial charge in [0, 0.05) is 18.2 Å². The van der Waals surface area contributed by atoms with Gasteiger partial charge >= 0.3 is 0 Å². The van der Waals surface area contributed by atoms with Crippen molar-refractivity contribution in [1.82, 2.24) is 10.2 Å². The highest BCUT2D eigenvalue weighted by atomic mass is 32.2. The van der Waals surface area contributed by atoms with Crippen LogP contribution in [0.3, 0.4) is 0 Å². The number of rotatable bonds is 6. The molecule has 1 fully saturated rings. The molecule has 0 bridgehead atoms. The predicted octanol–water partition coefficient (Wildman–Crippen LogP) is 2.22. The molecule has 7 heteroatoms. The summed E-state index contributed by atoms with van der Waals surface area (Å²) >= 11 is 0. The second-order valence-electron chi connectivity index (χ2n) is 7.18. The topological polar surface area (TPSA) is 78.5 Å². The zero-order chi connectivity index (χ0) is 18.6. The average molecular weight is 368 g/mol. The van der Waals surface area contributed by atoms with Crippen LogP contribution in [0, 0.1) is 12.8 Å². The van der Waals surface area contributed by atoms with Crippen LogP contribution in [0.1, 0.15) is 42.6 Å². The summed E-state index contributed by atoms with van der Waals surface area (Å²) in [4.78, 5) is 14.8. The maximum atomic E-state index is 12.4. The van der Waals surface area contributed by atoms with Crippen LogP contribution in [-0.2, 0) is 10.0 Å². The smallest absolute Gasteiger partial charge is 0.251 e. The van der Waals surface area contributed by atoms with Gasteiger partial charge in [0.1, 0.15) is 0 Å². The fourth-order valence-electron chi connectivity index (χ4n) is 3.01. The molecule has 1 aliphatic heterocycles. The number of hydrogen-bond acceptors (Lipinski definition) is 4. The zero-order valence-corrected chi connectivity index (χ0v) is 16.3. The molecule has 0 saturated carbocycles. The first-order valence-corrected chi connectivity index (χ1v) is 10.7. The van der Waals surface area contributed by atoms with E-state index in [1.54, 1.807) is 25.1 Å². The number of amides is 1. The number of benzene rings is 1. The van der Waals surface area contributed by atoms with Gasteiger partial charge in [0.2, 0.25) is 10.0 Å². The van der Waals surface area contributed by atoms with E-state index in [0.29, 0.717) is 17.8 Å². The lowest BCUT2D eigenvalue weighted by atomic mass is 9.98. The molecule has 0 aliphatic carbocycles. The number of anilines is 1. The van der Waals surface area contributed by atoms with Crippen molar-refractivity contribution in [1.29, 1.82) is 0 Å². The molecule has 2 rings (SSSR count). The van der Waals surface area contributed by atoms with Crippen LogP contribution in [0.4, 0.5) is 5.69 Å². The van der Waals surface area contributed by atoms with E-state index < -0.39 is 10.0 Å². The highest BCUT2D eigenvalue weighted by Crippen LogP contribution is 2.19. The van der Waals surface area contributed by atoms with Crippen molar-refractivity contribution in [2.24, 2.45) is 5.92 Å². The molecule has 0 aromatic heterocycles. The Morgan fingerprint density at radius 3 is 2.56 bits per heavy atom. The van der Waals surface area contributed by atoms with Gasteiger partial charge in [0.05, 0.1) is 11.9 Å². The molecule has 0 radical (unpaired) electrons. The maximum Gasteiger partial charge on any atom is 0.251 e. The molecule has 1 saturated heterocycles. The molecule has 140 valence electrons. The third-order valence-corrected chi connectivity index (χ3v) is 5.39. The van der Waals surface area contributed by atoms with Gasteiger partial charge in [-0.15, -0.1) is 0 Å². The summed E-state index contributed by atoms with van der Waals surface area (Å²) in [6, 6.07) is 5.33. The van der Waals surface area contributed by atoms with Crippen LogP contribution in [0.25, 0.3) is 0 Å². The Morgan fingerprint density at radius 1 is 1.32 bits per heavy atom. The van der Waals surface area contributed by atoms with Gasteiger partial charge in [-0.2, -0.15) is 0 Å². The molecule has 1 aromatic carbocycles. The van der Waals surface area contributed by atoms with Crippen molar-refractivity contribution in [2.45, 2.75) is 39.7 Å². The van der Waals surface area contributed by atoms with E-state index in [1.807, 2.05) is 0 Å². The highest BCUT2D eigenvalue weighted by Gasteiger charge is 2.21. The van der Waals surface area contributed by atoms with Crippen LogP contribution in [0.15, 0.2) is 18.2 Å². The molecule has 1 atom stereocenters. The second kappa shape index (κ2) is 8.19. The molecule has 1 aromatic rings. The lowest BCUT2D eigenvalue weighted by Crippen LogP contribution is -2.45. The minimum absolute atomic E-state index is 0.186. The number of nitrogens with one attached hydrogen (secondary N) is 2. The predicted molar refractivity (Wildman–Crippen MR) is 101 cm³/mol. The summed E-state index contributed by atoms with van der Waals surface area (Å²) in [5, 5.41) is 2.96. The highest BCUT2D eigenvalue weighted by molar-refractivity contribution is 7.92. The third kappa shape index (κ3) is 6.01. The first-order valence-electron chi connectivity index (χ1n) is 8.76. The van der Waals surface area contributed by atoms with Crippen LogP contribution < -0.4 is 10.0 Å². The number of piperidine rings is 1. The molecule has 0 unspecified atom stereocenters. The second-order valence-corrected chi connectivity index (χ2v) is 8.93. The van der Waals surface area contributed by atoms with Gasteiger partial charge in [-0.1, -0.05) is 13.0 Å². The monoisotopic (exact) mass is 367 g/mol. The number of carbonyl (C=O) groups excluding carboxylic acids is 1. The van der Waals surface area contributed by atoms with Gasteiger partial charge in [-0.3, -0.25) is 14.4 Å². The Morgan fingerprint density at radius 2 is 1.96 bits per heavy atom. The van der Waals surface area contributed by atoms with Gasteiger partial charge in [-0.25, -0.2) is 8.42 Å². The number of likely N-dealkylation sites (tertiary alicyclic amines) is 1. The van der Waals surface area contributed by atoms with E-state index in [0.717, 1.165) is 30.8 Å². The Balaban J connectivity index is 1.95. The van der Waals surface area contributed by atoms with Crippen LogP contribution in [0.5, 0.6) is 0 Å². The minimum atomic E-state index is -3.38. The molecule has 6 nitrogen and oxygen atoms in total. The van der Waals surface area contributed by atoms with Crippen LogP contribution in [0.2, 0.25) is 0 Å². The molecular weight excluding hydrogens is 338 g/mol. The summed E-state index contributed by atoms with van der Waals surface area (Å²) < 4.78 is 25.3. The fraction of sp³-hybridized carbons (Fsp3) is 0.611. The number of aryl methyl sites for hydroxylation is 1. The van der Waals surface area contributed by atoms with Crippen molar-refractivity contribution < 1.29 is 13.2 Å². The number of carbonyl (C=O) groups is 1. The largest absolute Gasteiger partial charge is 0.350 e. The van der Waals surface area contributed by atoms with E-state index in [-0.39, 0.29) is 11.9 Å². The summed E-state index contributed by atoms with van der Waals surface area (Å²) in [5.41, 5.74) is 1.67. The van der Waals surface area contributed by atoms with Gasteiger partial charge in [-0.05, 0) is 63.4 Å². The lowest BCUT2D eigenvalue weighted by Gasteiger charge is -2.35. The fourth-order valence-corrected chi connectivity index (χ4v) is 3.63. The first kappa shape index (κ1) is 19.7. The summed E-state index contributed by atoms with van der Waals surface area (Å²) in [6.07, 6.45) is 3.51. The number of sulfonamides is 1. The summed E-state index contributed by atoms with van der Waals surface area (Å²) in [7, 11) is -3.38. The van der Waals surface area contributed by atoms with Gasteiger partial charge in [0.15, 0.2) is 0 Å². The van der Waals surface area contributed by atoms with Crippen molar-refractivity contribution in [2.75, 3.05) is 30.6 Å². The Hall–Kier alpha value is -1.60. The SMILES string of the molecule is Cc1ccc(C(=O)NC[C@H](C)N2CCC(C)CC2)cc1NS(C)(=O)=O. The van der Waals surface area contributed by atoms with E-state index >= 15 is 0 Å². The quantitative estimate of drug-likeness (QED) is 0.808. The minimum Gasteiger partial charge on any atom is -0.350 e. The normalized spacial score (nSPS) is 17.9. The lowest BCUT2D eigenvalue weighted by molar-refractivity contribution is 0.0921. The summed E-state index contributed by atoms with van der Waals surface area (Å²) in [6.45, 7) is 8.94. The van der Waals surface area contributed by atoms with Crippen molar-refractivity contribution >= 4 is 21.6 Å². The number of hydrogen-bond donors (Lipinski definition) is 2. The number of nitrogens with zero attached hydrogens (tertiary/aromatic N) is 1. The van der Waals surface area contributed by atoms with Gasteiger partial charge < -0.3 is 5.32 Å². The third-order valence-electron chi connectivity index (χ3n) is 4.79. The van der Waals surface area contributed by atoms with Gasteiger partial charge in [0.25, 0.3) is 5.91 Å². The molecule has 25 heavy (non-hydrogen) atoms. The maximum absolute atomic E-state index is 12.4. The standard InChI is InChI=1S/C18H29N3O3S/c1-13-7-9-21(10-8-13)15(3)12-19-18(22)16-6-5-14(2)17(11-16)20-25(4,23)24/h5-6,11,13,15,20H,7-10,12H2,1-4H3,(H,19,22)/t15-/m0/s1. The molecule has 2 N–H and O–H groups in total. The van der Waals surface area contributed by atoms with E-state index in [9.17, 15) is 13.2 Å². The van der Waals surface area contributed by atoms with E-state index in [1.165, 1.54) is 12.8 Å². The van der Waals surface area contributed by atoms with E-state index in [4.69, 9.17) is 0 Å².